The van der Waals surface area contributed by atoms with Crippen LogP contribution >= 0.6 is 0 Å². The molecule has 0 unspecified atom stereocenters. The minimum absolute atomic E-state index is 0.353. The second kappa shape index (κ2) is 7.85. The normalized spacial score (nSPS) is 10.6. The topological polar surface area (TPSA) is 108 Å². The van der Waals surface area contributed by atoms with Crippen LogP contribution in [0.25, 0.3) is 17.2 Å². The summed E-state index contributed by atoms with van der Waals surface area (Å²) in [5.41, 5.74) is 2.28. The molecule has 0 saturated heterocycles. The molecule has 29 heavy (non-hydrogen) atoms. The predicted molar refractivity (Wildman–Crippen MR) is 106 cm³/mol. The van der Waals surface area contributed by atoms with Crippen LogP contribution in [0.1, 0.15) is 16.2 Å². The lowest BCUT2D eigenvalue weighted by Crippen LogP contribution is -2.18. The maximum Gasteiger partial charge on any atom is 0.275 e. The van der Waals surface area contributed by atoms with E-state index >= 15 is 0 Å². The molecule has 0 aliphatic carbocycles. The first-order valence-electron chi connectivity index (χ1n) is 8.77. The Morgan fingerprint density at radius 2 is 1.97 bits per heavy atom. The zero-order chi connectivity index (χ0) is 20.2. The van der Waals surface area contributed by atoms with Gasteiger partial charge in [-0.15, -0.1) is 0 Å². The Labute approximate surface area is 166 Å². The number of anilines is 1. The van der Waals surface area contributed by atoms with Gasteiger partial charge in [-0.05, 0) is 31.2 Å². The summed E-state index contributed by atoms with van der Waals surface area (Å²) >= 11 is 0. The number of amides is 1. The lowest BCUT2D eigenvalue weighted by molar-refractivity contribution is 0.101. The van der Waals surface area contributed by atoms with Crippen molar-refractivity contribution in [1.29, 1.82) is 0 Å². The summed E-state index contributed by atoms with van der Waals surface area (Å²) in [6, 6.07) is 12.2. The summed E-state index contributed by atoms with van der Waals surface area (Å²) in [7, 11) is 1.54. The first kappa shape index (κ1) is 18.2. The van der Waals surface area contributed by atoms with E-state index in [1.165, 1.54) is 4.68 Å². The Hall–Kier alpha value is -4.14. The largest absolute Gasteiger partial charge is 0.481 e. The van der Waals surface area contributed by atoms with Gasteiger partial charge in [-0.1, -0.05) is 6.07 Å². The number of aromatic nitrogens is 6. The maximum absolute atomic E-state index is 12.8. The Morgan fingerprint density at radius 3 is 2.76 bits per heavy atom. The van der Waals surface area contributed by atoms with Gasteiger partial charge in [0, 0.05) is 24.0 Å². The number of ether oxygens (including phenoxy) is 1. The molecule has 0 aliphatic heterocycles. The minimum atomic E-state index is -0.353. The molecule has 0 spiro atoms. The van der Waals surface area contributed by atoms with E-state index in [-0.39, 0.29) is 5.91 Å². The zero-order valence-corrected chi connectivity index (χ0v) is 15.8. The van der Waals surface area contributed by atoms with Crippen molar-refractivity contribution in [2.45, 2.75) is 6.92 Å². The molecule has 0 aromatic carbocycles. The van der Waals surface area contributed by atoms with Crippen molar-refractivity contribution >= 4 is 11.7 Å². The fourth-order valence-corrected chi connectivity index (χ4v) is 2.74. The van der Waals surface area contributed by atoms with Crippen LogP contribution < -0.4 is 10.1 Å². The lowest BCUT2D eigenvalue weighted by atomic mass is 10.3. The summed E-state index contributed by atoms with van der Waals surface area (Å²) in [6.07, 6.45) is 4.84. The molecule has 0 fully saturated rings. The minimum Gasteiger partial charge on any atom is -0.481 e. The average Bonchev–Trinajstić information content (AvgIpc) is 3.24. The summed E-state index contributed by atoms with van der Waals surface area (Å²) < 4.78 is 6.67. The Bertz CT molecular complexity index is 1160. The fourth-order valence-electron chi connectivity index (χ4n) is 2.74. The summed E-state index contributed by atoms with van der Waals surface area (Å²) in [5, 5.41) is 7.01. The summed E-state index contributed by atoms with van der Waals surface area (Å²) in [5.74, 6) is 0.855. The molecule has 0 bridgehead atoms. The third kappa shape index (κ3) is 3.93. The maximum atomic E-state index is 12.8. The van der Waals surface area contributed by atoms with Crippen LogP contribution in [0, 0.1) is 6.92 Å². The highest BCUT2D eigenvalue weighted by atomic mass is 16.5. The molecule has 9 heteroatoms. The molecule has 144 valence electrons. The monoisotopic (exact) mass is 387 g/mol. The molecule has 0 saturated carbocycles. The van der Waals surface area contributed by atoms with Gasteiger partial charge in [-0.25, -0.2) is 19.6 Å². The first-order valence-corrected chi connectivity index (χ1v) is 8.77. The molecule has 0 aliphatic rings. The molecule has 1 amide bonds. The smallest absolute Gasteiger partial charge is 0.275 e. The zero-order valence-electron chi connectivity index (χ0n) is 15.8. The van der Waals surface area contributed by atoms with Crippen LogP contribution in [0.2, 0.25) is 0 Å². The lowest BCUT2D eigenvalue weighted by Gasteiger charge is -2.09. The number of methoxy groups -OCH3 is 1. The molecule has 4 rings (SSSR count). The first-order chi connectivity index (χ1) is 14.1. The molecule has 4 heterocycles. The van der Waals surface area contributed by atoms with Crippen molar-refractivity contribution in [2.75, 3.05) is 12.4 Å². The molecule has 4 aromatic heterocycles. The highest BCUT2D eigenvalue weighted by molar-refractivity contribution is 6.03. The number of hydrogen-bond donors (Lipinski definition) is 1. The van der Waals surface area contributed by atoms with Gasteiger partial charge in [0.15, 0.2) is 5.82 Å². The molecule has 9 nitrogen and oxygen atoms in total. The van der Waals surface area contributed by atoms with Gasteiger partial charge >= 0.3 is 0 Å². The second-order valence-corrected chi connectivity index (χ2v) is 6.08. The Balaban J connectivity index is 1.63. The Kier molecular flexibility index (Phi) is 4.93. The predicted octanol–water partition coefficient (Wildman–Crippen LogP) is 2.69. The van der Waals surface area contributed by atoms with Crippen LogP contribution in [0.4, 0.5) is 5.82 Å². The van der Waals surface area contributed by atoms with Crippen molar-refractivity contribution in [2.24, 2.45) is 0 Å². The molecule has 0 atom stereocenters. The fraction of sp³-hybridized carbons (Fsp3) is 0.100. The summed E-state index contributed by atoms with van der Waals surface area (Å²) in [6.45, 7) is 1.82. The van der Waals surface area contributed by atoms with Gasteiger partial charge in [0.25, 0.3) is 5.91 Å². The molecule has 0 radical (unpaired) electrons. The van der Waals surface area contributed by atoms with E-state index in [0.29, 0.717) is 40.3 Å². The van der Waals surface area contributed by atoms with Crippen molar-refractivity contribution < 1.29 is 9.53 Å². The quantitative estimate of drug-likeness (QED) is 0.561. The molecule has 4 aromatic rings. The van der Waals surface area contributed by atoms with E-state index in [4.69, 9.17) is 4.74 Å². The van der Waals surface area contributed by atoms with Gasteiger partial charge in [-0.3, -0.25) is 9.78 Å². The van der Waals surface area contributed by atoms with E-state index in [0.717, 1.165) is 0 Å². The average molecular weight is 387 g/mol. The standard InChI is InChI=1S/C20H17N7O2/c1-13-11-17(25-19(23-13)15-6-3-7-18(24-15)29-2)26-20(28)16-8-10-22-27(16)14-5-4-9-21-12-14/h3-12H,1-2H3,(H,23,25,26,28). The molecule has 1 N–H and O–H groups in total. The van der Waals surface area contributed by atoms with Crippen molar-refractivity contribution in [3.8, 4) is 23.1 Å². The van der Waals surface area contributed by atoms with E-state index in [1.54, 1.807) is 62.1 Å². The van der Waals surface area contributed by atoms with Gasteiger partial charge < -0.3 is 10.1 Å². The highest BCUT2D eigenvalue weighted by Gasteiger charge is 2.16. The van der Waals surface area contributed by atoms with Crippen LogP contribution in [0.3, 0.4) is 0 Å². The van der Waals surface area contributed by atoms with Crippen LogP contribution in [0.5, 0.6) is 5.88 Å². The van der Waals surface area contributed by atoms with Crippen LogP contribution in [-0.4, -0.2) is 42.7 Å². The van der Waals surface area contributed by atoms with Gasteiger partial charge in [0.2, 0.25) is 5.88 Å². The van der Waals surface area contributed by atoms with Crippen LogP contribution in [-0.2, 0) is 0 Å². The van der Waals surface area contributed by atoms with E-state index in [2.05, 4.69) is 30.4 Å². The van der Waals surface area contributed by atoms with E-state index < -0.39 is 0 Å². The molecular weight excluding hydrogens is 370 g/mol. The van der Waals surface area contributed by atoms with E-state index in [9.17, 15) is 4.79 Å². The summed E-state index contributed by atoms with van der Waals surface area (Å²) in [4.78, 5) is 30.1. The number of pyridine rings is 2. The Morgan fingerprint density at radius 1 is 1.07 bits per heavy atom. The SMILES string of the molecule is COc1cccc(-c2nc(C)cc(NC(=O)c3ccnn3-c3cccnc3)n2)n1. The van der Waals surface area contributed by atoms with Gasteiger partial charge in [0.1, 0.15) is 17.2 Å². The number of carbonyl (C=O) groups is 1. The highest BCUT2D eigenvalue weighted by Crippen LogP contribution is 2.19. The van der Waals surface area contributed by atoms with Crippen molar-refractivity contribution in [3.05, 3.63) is 72.4 Å². The second-order valence-electron chi connectivity index (χ2n) is 6.08. The van der Waals surface area contributed by atoms with E-state index in [1.807, 2.05) is 13.0 Å². The third-order valence-electron chi connectivity index (χ3n) is 4.02. The molecular formula is C20H17N7O2. The van der Waals surface area contributed by atoms with Gasteiger partial charge in [0.05, 0.1) is 25.2 Å². The number of nitrogens with one attached hydrogen (secondary N) is 1. The third-order valence-corrected chi connectivity index (χ3v) is 4.02. The number of hydrogen-bond acceptors (Lipinski definition) is 7. The number of rotatable bonds is 5. The van der Waals surface area contributed by atoms with Crippen molar-refractivity contribution in [1.82, 2.24) is 29.7 Å². The van der Waals surface area contributed by atoms with Crippen molar-refractivity contribution in [3.63, 3.8) is 0 Å². The van der Waals surface area contributed by atoms with Gasteiger partial charge in [-0.2, -0.15) is 5.10 Å². The van der Waals surface area contributed by atoms with Crippen LogP contribution in [0.15, 0.2) is 61.1 Å². The number of carbonyl (C=O) groups excluding carboxylic acids is 1. The number of aryl methyl sites for hydroxylation is 1. The number of nitrogens with zero attached hydrogens (tertiary/aromatic N) is 6.